The molecule has 0 saturated carbocycles. The molecule has 1 N–H and O–H groups in total. The summed E-state index contributed by atoms with van der Waals surface area (Å²) in [6, 6.07) is 0. The number of nitrogens with one attached hydrogen (secondary N) is 1. The van der Waals surface area contributed by atoms with E-state index in [0.29, 0.717) is 0 Å². The number of alkyl halides is 1. The SMILES string of the molecule is Cc1[nH]c(C(C)(C)C)nc1C(C)Cl. The van der Waals surface area contributed by atoms with Gasteiger partial charge >= 0.3 is 0 Å². The van der Waals surface area contributed by atoms with Gasteiger partial charge in [0.25, 0.3) is 0 Å². The summed E-state index contributed by atoms with van der Waals surface area (Å²) in [6.07, 6.45) is 0. The Bertz CT molecular complexity index is 294. The number of nitrogens with zero attached hydrogens (tertiary/aromatic N) is 1. The second-order valence-electron chi connectivity index (χ2n) is 4.46. The summed E-state index contributed by atoms with van der Waals surface area (Å²) in [5.41, 5.74) is 2.11. The van der Waals surface area contributed by atoms with Crippen LogP contribution in [0.4, 0.5) is 0 Å². The van der Waals surface area contributed by atoms with Crippen LogP contribution >= 0.6 is 11.6 Å². The van der Waals surface area contributed by atoms with E-state index in [0.717, 1.165) is 17.2 Å². The molecule has 1 aromatic rings. The van der Waals surface area contributed by atoms with Crippen molar-refractivity contribution < 1.29 is 0 Å². The molecule has 1 rings (SSSR count). The molecular weight excluding hydrogens is 184 g/mol. The molecule has 1 heterocycles. The van der Waals surface area contributed by atoms with Crippen LogP contribution < -0.4 is 0 Å². The lowest BCUT2D eigenvalue weighted by atomic mass is 9.96. The summed E-state index contributed by atoms with van der Waals surface area (Å²) >= 11 is 5.99. The number of hydrogen-bond donors (Lipinski definition) is 1. The van der Waals surface area contributed by atoms with Crippen molar-refractivity contribution in [2.24, 2.45) is 0 Å². The molecule has 0 fully saturated rings. The second kappa shape index (κ2) is 3.33. The van der Waals surface area contributed by atoms with Crippen molar-refractivity contribution in [3.63, 3.8) is 0 Å². The molecule has 0 aliphatic carbocycles. The predicted octanol–water partition coefficient (Wildman–Crippen LogP) is 3.32. The molecular formula is C10H17ClN2. The Labute approximate surface area is 84.7 Å². The molecule has 1 atom stereocenters. The molecule has 0 aromatic carbocycles. The van der Waals surface area contributed by atoms with Gasteiger partial charge in [-0.3, -0.25) is 0 Å². The number of aromatic nitrogens is 2. The quantitative estimate of drug-likeness (QED) is 0.693. The molecule has 0 radical (unpaired) electrons. The molecule has 0 bridgehead atoms. The van der Waals surface area contributed by atoms with Gasteiger partial charge in [-0.05, 0) is 13.8 Å². The highest BCUT2D eigenvalue weighted by molar-refractivity contribution is 6.20. The third-order valence-corrected chi connectivity index (χ3v) is 2.22. The average Bonchev–Trinajstić information content (AvgIpc) is 2.29. The summed E-state index contributed by atoms with van der Waals surface area (Å²) in [5.74, 6) is 1.01. The van der Waals surface area contributed by atoms with Gasteiger partial charge in [0.1, 0.15) is 5.82 Å². The van der Waals surface area contributed by atoms with Gasteiger partial charge in [-0.25, -0.2) is 4.98 Å². The zero-order valence-electron chi connectivity index (χ0n) is 8.90. The molecule has 0 saturated heterocycles. The molecule has 3 heteroatoms. The Morgan fingerprint density at radius 3 is 2.15 bits per heavy atom. The minimum Gasteiger partial charge on any atom is -0.345 e. The first-order chi connectivity index (χ1) is 5.82. The molecule has 1 aromatic heterocycles. The fourth-order valence-corrected chi connectivity index (χ4v) is 1.43. The standard InChI is InChI=1S/C10H17ClN2/c1-6(11)8-7(2)12-9(13-8)10(3,4)5/h6H,1-5H3,(H,12,13). The highest BCUT2D eigenvalue weighted by Crippen LogP contribution is 2.25. The maximum atomic E-state index is 5.99. The summed E-state index contributed by atoms with van der Waals surface area (Å²) < 4.78 is 0. The number of rotatable bonds is 1. The summed E-state index contributed by atoms with van der Waals surface area (Å²) in [4.78, 5) is 7.76. The van der Waals surface area contributed by atoms with Crippen molar-refractivity contribution in [1.29, 1.82) is 0 Å². The van der Waals surface area contributed by atoms with E-state index in [1.165, 1.54) is 0 Å². The minimum atomic E-state index is -0.0210. The van der Waals surface area contributed by atoms with Crippen LogP contribution in [0.3, 0.4) is 0 Å². The predicted molar refractivity (Wildman–Crippen MR) is 56.3 cm³/mol. The van der Waals surface area contributed by atoms with Gasteiger partial charge in [-0.2, -0.15) is 0 Å². The van der Waals surface area contributed by atoms with Crippen molar-refractivity contribution in [1.82, 2.24) is 9.97 Å². The van der Waals surface area contributed by atoms with E-state index in [2.05, 4.69) is 30.7 Å². The first-order valence-corrected chi connectivity index (χ1v) is 4.97. The lowest BCUT2D eigenvalue weighted by Crippen LogP contribution is -2.13. The highest BCUT2D eigenvalue weighted by Gasteiger charge is 2.20. The Morgan fingerprint density at radius 2 is 1.92 bits per heavy atom. The average molecular weight is 201 g/mol. The lowest BCUT2D eigenvalue weighted by Gasteiger charge is -2.14. The van der Waals surface area contributed by atoms with E-state index in [9.17, 15) is 0 Å². The molecule has 1 unspecified atom stereocenters. The van der Waals surface area contributed by atoms with Gasteiger partial charge in [0.15, 0.2) is 0 Å². The molecule has 0 aliphatic rings. The third kappa shape index (κ3) is 2.25. The molecule has 74 valence electrons. The van der Waals surface area contributed by atoms with Crippen molar-refractivity contribution in [2.75, 3.05) is 0 Å². The fourth-order valence-electron chi connectivity index (χ4n) is 1.22. The van der Waals surface area contributed by atoms with Gasteiger partial charge in [0, 0.05) is 11.1 Å². The van der Waals surface area contributed by atoms with Gasteiger partial charge in [0.05, 0.1) is 11.1 Å². The fraction of sp³-hybridized carbons (Fsp3) is 0.700. The van der Waals surface area contributed by atoms with E-state index >= 15 is 0 Å². The van der Waals surface area contributed by atoms with E-state index < -0.39 is 0 Å². The van der Waals surface area contributed by atoms with Crippen LogP contribution in [0.5, 0.6) is 0 Å². The van der Waals surface area contributed by atoms with Crippen LogP contribution in [0.1, 0.15) is 50.3 Å². The van der Waals surface area contributed by atoms with Gasteiger partial charge in [-0.15, -0.1) is 11.6 Å². The van der Waals surface area contributed by atoms with Crippen molar-refractivity contribution in [2.45, 2.75) is 45.4 Å². The summed E-state index contributed by atoms with van der Waals surface area (Å²) in [6.45, 7) is 10.4. The summed E-state index contributed by atoms with van der Waals surface area (Å²) in [5, 5.41) is -0.0210. The van der Waals surface area contributed by atoms with E-state index in [-0.39, 0.29) is 10.8 Å². The normalized spacial score (nSPS) is 14.6. The van der Waals surface area contributed by atoms with Crippen molar-refractivity contribution in [3.8, 4) is 0 Å². The number of hydrogen-bond acceptors (Lipinski definition) is 1. The summed E-state index contributed by atoms with van der Waals surface area (Å²) in [7, 11) is 0. The van der Waals surface area contributed by atoms with E-state index in [1.54, 1.807) is 0 Å². The minimum absolute atomic E-state index is 0.0210. The smallest absolute Gasteiger partial charge is 0.112 e. The molecule has 0 spiro atoms. The van der Waals surface area contributed by atoms with Crippen molar-refractivity contribution >= 4 is 11.6 Å². The van der Waals surface area contributed by atoms with Crippen LogP contribution in [0.2, 0.25) is 0 Å². The Morgan fingerprint density at radius 1 is 1.38 bits per heavy atom. The zero-order valence-corrected chi connectivity index (χ0v) is 9.66. The first kappa shape index (κ1) is 10.6. The molecule has 0 amide bonds. The van der Waals surface area contributed by atoms with Gasteiger partial charge < -0.3 is 4.98 Å². The second-order valence-corrected chi connectivity index (χ2v) is 5.12. The van der Waals surface area contributed by atoms with Crippen LogP contribution in [0.15, 0.2) is 0 Å². The van der Waals surface area contributed by atoms with Crippen LogP contribution in [0.25, 0.3) is 0 Å². The number of aromatic amines is 1. The Kier molecular flexibility index (Phi) is 2.71. The number of imidazole rings is 1. The first-order valence-electron chi connectivity index (χ1n) is 4.53. The molecule has 2 nitrogen and oxygen atoms in total. The van der Waals surface area contributed by atoms with Crippen LogP contribution in [-0.2, 0) is 5.41 Å². The van der Waals surface area contributed by atoms with E-state index in [1.807, 2.05) is 13.8 Å². The Hall–Kier alpha value is -0.500. The Balaban J connectivity index is 3.10. The number of aryl methyl sites for hydroxylation is 1. The third-order valence-electron chi connectivity index (χ3n) is 2.01. The maximum Gasteiger partial charge on any atom is 0.112 e. The van der Waals surface area contributed by atoms with E-state index in [4.69, 9.17) is 11.6 Å². The topological polar surface area (TPSA) is 28.7 Å². The maximum absolute atomic E-state index is 5.99. The molecule has 13 heavy (non-hydrogen) atoms. The monoisotopic (exact) mass is 200 g/mol. The van der Waals surface area contributed by atoms with Crippen molar-refractivity contribution in [3.05, 3.63) is 17.2 Å². The molecule has 0 aliphatic heterocycles. The van der Waals surface area contributed by atoms with Gasteiger partial charge in [0.2, 0.25) is 0 Å². The number of H-pyrrole nitrogens is 1. The zero-order chi connectivity index (χ0) is 10.2. The largest absolute Gasteiger partial charge is 0.345 e. The van der Waals surface area contributed by atoms with Crippen LogP contribution in [0, 0.1) is 6.92 Å². The van der Waals surface area contributed by atoms with Crippen LogP contribution in [-0.4, -0.2) is 9.97 Å². The van der Waals surface area contributed by atoms with Gasteiger partial charge in [-0.1, -0.05) is 20.8 Å². The number of halogens is 1. The lowest BCUT2D eigenvalue weighted by molar-refractivity contribution is 0.550. The highest BCUT2D eigenvalue weighted by atomic mass is 35.5.